The fourth-order valence-electron chi connectivity index (χ4n) is 29.7. The Labute approximate surface area is 657 Å². The lowest BCUT2D eigenvalue weighted by atomic mass is 9.41. The van der Waals surface area contributed by atoms with Crippen molar-refractivity contribution in [2.24, 2.45) is 177 Å². The van der Waals surface area contributed by atoms with E-state index in [9.17, 15) is 0 Å². The van der Waals surface area contributed by atoms with Gasteiger partial charge in [-0.25, -0.2) is 0 Å². The zero-order valence-electron chi connectivity index (χ0n) is 74.7. The minimum absolute atomic E-state index is 0.626. The highest BCUT2D eigenvalue weighted by atomic mass is 16.5. The van der Waals surface area contributed by atoms with Crippen LogP contribution in [-0.4, -0.2) is 84.3 Å². The van der Waals surface area contributed by atoms with Gasteiger partial charge >= 0.3 is 0 Å². The Kier molecular flexibility index (Phi) is 31.4. The van der Waals surface area contributed by atoms with E-state index in [1.165, 1.54) is 148 Å². The monoisotopic (exact) mass is 1460 g/mol. The van der Waals surface area contributed by atoms with E-state index in [0.717, 1.165) is 207 Å². The number of fused-ring (bicyclic) bond motifs is 20. The smallest absolute Gasteiger partial charge is 0.0582 e. The van der Waals surface area contributed by atoms with Gasteiger partial charge in [-0.3, -0.25) is 4.90 Å². The molecular weight excluding hydrogens is 1270 g/mol. The van der Waals surface area contributed by atoms with Crippen LogP contribution in [0.1, 0.15) is 395 Å². The van der Waals surface area contributed by atoms with E-state index in [1.54, 1.807) is 122 Å². The van der Waals surface area contributed by atoms with Gasteiger partial charge in [0.25, 0.3) is 0 Å². The Bertz CT molecular complexity index is 2350. The van der Waals surface area contributed by atoms with Crippen LogP contribution in [0.15, 0.2) is 0 Å². The molecule has 105 heavy (non-hydrogen) atoms. The molecule has 17 atom stereocenters. The molecule has 24 aliphatic rings. The van der Waals surface area contributed by atoms with E-state index in [4.69, 9.17) is 4.74 Å². The van der Waals surface area contributed by atoms with Crippen LogP contribution < -0.4 is 0 Å². The maximum atomic E-state index is 5.78. The fraction of sp³-hybridized carbons (Fsp3) is 1.00. The Morgan fingerprint density at radius 1 is 0.286 bits per heavy atom. The number of hydrogen-bond acceptors (Lipinski definition) is 4. The zero-order chi connectivity index (χ0) is 75.3. The van der Waals surface area contributed by atoms with Gasteiger partial charge in [0.05, 0.1) is 12.2 Å². The second-order valence-electron chi connectivity index (χ2n) is 46.2. The van der Waals surface area contributed by atoms with Gasteiger partial charge in [0.2, 0.25) is 0 Å². The van der Waals surface area contributed by atoms with Gasteiger partial charge in [0.1, 0.15) is 0 Å². The summed E-state index contributed by atoms with van der Waals surface area (Å²) in [6.45, 7) is 50.4. The van der Waals surface area contributed by atoms with Gasteiger partial charge < -0.3 is 14.5 Å². The third kappa shape index (κ3) is 21.5. The van der Waals surface area contributed by atoms with Crippen LogP contribution in [0.4, 0.5) is 0 Å². The predicted molar refractivity (Wildman–Crippen MR) is 455 cm³/mol. The molecule has 0 aromatic heterocycles. The lowest BCUT2D eigenvalue weighted by molar-refractivity contribution is -0.141. The number of piperidine rings is 3. The van der Waals surface area contributed by atoms with Gasteiger partial charge in [0.15, 0.2) is 0 Å². The summed E-state index contributed by atoms with van der Waals surface area (Å²) >= 11 is 0. The van der Waals surface area contributed by atoms with Gasteiger partial charge in [-0.1, -0.05) is 182 Å². The van der Waals surface area contributed by atoms with Crippen molar-refractivity contribution in [2.75, 3.05) is 27.2 Å². The molecule has 18 saturated carbocycles. The van der Waals surface area contributed by atoms with Crippen LogP contribution in [0.5, 0.6) is 0 Å². The molecular formula is C101H185N3O. The van der Waals surface area contributed by atoms with E-state index in [2.05, 4.69) is 167 Å². The second-order valence-corrected chi connectivity index (χ2v) is 46.2. The number of rotatable bonds is 10. The molecule has 0 aromatic rings. The fourth-order valence-corrected chi connectivity index (χ4v) is 29.7. The molecule has 4 nitrogen and oxygen atoms in total. The number of nitrogens with zero attached hydrogens (tertiary/aromatic N) is 3. The number of likely N-dealkylation sites (tertiary alicyclic amines) is 2. The molecule has 610 valence electrons. The van der Waals surface area contributed by atoms with Gasteiger partial charge in [-0.2, -0.15) is 0 Å². The largest absolute Gasteiger partial charge is 0.375 e. The van der Waals surface area contributed by atoms with Crippen molar-refractivity contribution in [3.05, 3.63) is 0 Å². The van der Waals surface area contributed by atoms with Crippen LogP contribution in [0, 0.1) is 177 Å². The molecule has 0 radical (unpaired) electrons. The van der Waals surface area contributed by atoms with Crippen LogP contribution in [0.3, 0.4) is 0 Å². The van der Waals surface area contributed by atoms with Gasteiger partial charge in [-0.05, 0) is 404 Å². The Hall–Kier alpha value is -0.160. The normalized spacial score (nSPS) is 43.9. The van der Waals surface area contributed by atoms with Crippen molar-refractivity contribution in [2.45, 2.75) is 438 Å². The Morgan fingerprint density at radius 2 is 0.733 bits per heavy atom. The SMILES string of the molecule is CC(C)C12CC(C1)C2.CC(C)C12CCC(CC1)CC2.CC(C)C1C2CCCC1C2.CC(C)C1C2CCCC1CC2.CC(C)C1CC2CC1CN2C.CC(C)C1CC2CCC(C1)N2C.CC(C)C1CC2CCC(C1)O2.CC(C)C1CC2CCC1C2.CC(C)C1CC2CCC1CC2.CC(C)N1CC2CCC1C2. The third-order valence-electron chi connectivity index (χ3n) is 37.0. The van der Waals surface area contributed by atoms with Crippen molar-refractivity contribution < 1.29 is 4.74 Å². The molecule has 0 amide bonds. The molecule has 24 fully saturated rings. The summed E-state index contributed by atoms with van der Waals surface area (Å²) in [5.74, 6) is 29.2. The topological polar surface area (TPSA) is 19.0 Å². The molecule has 18 aliphatic carbocycles. The maximum Gasteiger partial charge on any atom is 0.0582 e. The molecule has 20 bridgehead atoms. The van der Waals surface area contributed by atoms with Crippen molar-refractivity contribution in [1.29, 1.82) is 0 Å². The summed E-state index contributed by atoms with van der Waals surface area (Å²) in [5.41, 5.74) is 1.65. The van der Waals surface area contributed by atoms with Crippen LogP contribution in [-0.2, 0) is 4.74 Å². The van der Waals surface area contributed by atoms with Crippen LogP contribution in [0.25, 0.3) is 0 Å². The van der Waals surface area contributed by atoms with E-state index in [-0.39, 0.29) is 0 Å². The van der Waals surface area contributed by atoms with Crippen molar-refractivity contribution in [3.63, 3.8) is 0 Å². The summed E-state index contributed by atoms with van der Waals surface area (Å²) in [7, 11) is 4.60. The minimum atomic E-state index is 0.626. The first-order chi connectivity index (χ1) is 50.0. The van der Waals surface area contributed by atoms with E-state index in [0.29, 0.717) is 12.2 Å². The third-order valence-corrected chi connectivity index (χ3v) is 37.0. The molecule has 6 aliphatic heterocycles. The highest BCUT2D eigenvalue weighted by Crippen LogP contribution is 2.68. The summed E-state index contributed by atoms with van der Waals surface area (Å²) < 4.78 is 5.78. The van der Waals surface area contributed by atoms with E-state index in [1.807, 2.05) is 0 Å². The molecule has 4 heteroatoms. The van der Waals surface area contributed by atoms with Gasteiger partial charge in [0, 0.05) is 43.3 Å². The number of ether oxygens (including phenoxy) is 1. The molecule has 6 saturated heterocycles. The summed E-state index contributed by atoms with van der Waals surface area (Å²) in [5, 5.41) is 0. The summed E-state index contributed by atoms with van der Waals surface area (Å²) in [4.78, 5) is 7.84. The quantitative estimate of drug-likeness (QED) is 0.217. The van der Waals surface area contributed by atoms with Crippen molar-refractivity contribution >= 4 is 0 Å². The first-order valence-electron chi connectivity index (χ1n) is 48.8. The first-order valence-corrected chi connectivity index (χ1v) is 48.8. The van der Waals surface area contributed by atoms with E-state index < -0.39 is 0 Å². The van der Waals surface area contributed by atoms with Gasteiger partial charge in [-0.15, -0.1) is 0 Å². The predicted octanol–water partition coefficient (Wildman–Crippen LogP) is 28.1. The van der Waals surface area contributed by atoms with Crippen molar-refractivity contribution in [3.8, 4) is 0 Å². The highest BCUT2D eigenvalue weighted by Gasteiger charge is 2.58. The highest BCUT2D eigenvalue weighted by molar-refractivity contribution is 5.08. The van der Waals surface area contributed by atoms with E-state index >= 15 is 0 Å². The minimum Gasteiger partial charge on any atom is -0.375 e. The number of hydrogen-bond donors (Lipinski definition) is 0. The zero-order valence-corrected chi connectivity index (χ0v) is 74.7. The molecule has 0 aromatic carbocycles. The molecule has 0 spiro atoms. The standard InChI is InChI=1S/C11H21N.3C11H20.C10H19N.C10H18O.2C10H18.C9H17N.C8H14/c1-8(2)9-6-10-4-5-11(7-9)12(10)3;1-9(2)11-6-3-10(4-7-11)5-8-11;1-8(2)11-7-9-3-5-10(11)6-4-9;1-8(2)11-9-4-3-5-10(11)7-6-9;1-7(2)10-5-9-4-8(10)6-11(9)3;1-7(2)8-5-9-3-4-10(6-8)11-9;1-7(2)10-6-8-3-4-9(10)5-8;1-7(2)10-8-4-3-5-9(10)6-8;1-7(2)10-6-8-3-4-9(10)5-8;1-6(2)8-3-7(4-8)5-8/h8-11H,4-7H2,1-3H3;9-10H,3-8H2,1-2H3;2*8-11H,3-7H2,1-2H3;7-10H,4-6H2,1-3H3;7-10H,3-6H2,1-2H3;2*7-10H,3-6H2,1-2H3;7-9H,3-6H2,1-2H3;6-7H,3-5H2,1-2H3. The second kappa shape index (κ2) is 38.5. The lowest BCUT2D eigenvalue weighted by Gasteiger charge is -2.64. The lowest BCUT2D eigenvalue weighted by Crippen LogP contribution is -2.54. The van der Waals surface area contributed by atoms with Crippen LogP contribution in [0.2, 0.25) is 0 Å². The Morgan fingerprint density at radius 3 is 1.04 bits per heavy atom. The maximum absolute atomic E-state index is 5.78. The first kappa shape index (κ1) is 85.7. The molecule has 24 rings (SSSR count). The summed E-state index contributed by atoms with van der Waals surface area (Å²) in [6.07, 6.45) is 61.6. The molecule has 6 heterocycles. The molecule has 0 N–H and O–H groups in total. The van der Waals surface area contributed by atoms with Crippen LogP contribution >= 0.6 is 0 Å². The average molecular weight is 1460 g/mol. The summed E-state index contributed by atoms with van der Waals surface area (Å²) in [6, 6.07) is 4.54. The molecule has 17 unspecified atom stereocenters. The Balaban J connectivity index is 0.000000117. The average Bonchev–Trinajstić information content (AvgIpc) is 1.69. The van der Waals surface area contributed by atoms with Crippen molar-refractivity contribution in [1.82, 2.24) is 14.7 Å².